The Hall–Kier alpha value is -0.350. The summed E-state index contributed by atoms with van der Waals surface area (Å²) < 4.78 is 4.62. The van der Waals surface area contributed by atoms with Crippen molar-refractivity contribution in [3.8, 4) is 0 Å². The number of nitrogens with two attached hydrogens (primary N) is 1. The van der Waals surface area contributed by atoms with E-state index in [0.29, 0.717) is 18.3 Å². The molecule has 0 unspecified atom stereocenters. The van der Waals surface area contributed by atoms with E-state index in [-0.39, 0.29) is 0 Å². The Labute approximate surface area is 54.2 Å². The smallest absolute Gasteiger partial charge is 0.256 e. The van der Waals surface area contributed by atoms with Gasteiger partial charge in [0.1, 0.15) is 0 Å². The van der Waals surface area contributed by atoms with Crippen LogP contribution in [0.1, 0.15) is 0 Å². The van der Waals surface area contributed by atoms with Crippen LogP contribution in [-0.2, 0) is 4.74 Å². The molecule has 0 aliphatic carbocycles. The minimum absolute atomic E-state index is 0.399. The normalized spacial score (nSPS) is 8.25. The topological polar surface area (TPSA) is 47.3 Å². The van der Waals surface area contributed by atoms with Gasteiger partial charge in [-0.15, -0.1) is 0 Å². The fraction of sp³-hybridized carbons (Fsp3) is 0.750. The average molecular weight is 134 g/mol. The Morgan fingerprint density at radius 2 is 2.50 bits per heavy atom. The van der Waals surface area contributed by atoms with Crippen LogP contribution in [0.3, 0.4) is 0 Å². The van der Waals surface area contributed by atoms with Crippen LogP contribution in [0, 0.1) is 0 Å². The molecule has 0 fully saturated rings. The molecule has 0 aromatic heterocycles. The van der Waals surface area contributed by atoms with Gasteiger partial charge in [0.2, 0.25) is 0 Å². The summed E-state index contributed by atoms with van der Waals surface area (Å²) in [7, 11) is 1.52. The van der Waals surface area contributed by atoms with Crippen LogP contribution >= 0.6 is 12.2 Å². The predicted molar refractivity (Wildman–Crippen MR) is 36.7 cm³/mol. The maximum atomic E-state index is 5.15. The highest BCUT2D eigenvalue weighted by Crippen LogP contribution is 1.68. The SMILES string of the molecule is COC(=S)NCCN. The molecule has 4 heteroatoms. The van der Waals surface area contributed by atoms with E-state index in [2.05, 4.69) is 22.3 Å². The molecule has 3 nitrogen and oxygen atoms in total. The first-order chi connectivity index (χ1) is 3.81. The lowest BCUT2D eigenvalue weighted by molar-refractivity contribution is 0.394. The maximum absolute atomic E-state index is 5.15. The molecule has 0 rings (SSSR count). The van der Waals surface area contributed by atoms with Crippen molar-refractivity contribution in [2.45, 2.75) is 0 Å². The van der Waals surface area contributed by atoms with Crippen LogP contribution in [0.4, 0.5) is 0 Å². The minimum atomic E-state index is 0.399. The molecule has 0 saturated carbocycles. The van der Waals surface area contributed by atoms with Crippen molar-refractivity contribution in [2.24, 2.45) is 5.73 Å². The zero-order valence-corrected chi connectivity index (χ0v) is 5.62. The lowest BCUT2D eigenvalue weighted by atomic mass is 10.7. The third-order valence-corrected chi connectivity index (χ3v) is 0.910. The van der Waals surface area contributed by atoms with E-state index in [4.69, 9.17) is 5.73 Å². The number of methoxy groups -OCH3 is 1. The van der Waals surface area contributed by atoms with E-state index in [9.17, 15) is 0 Å². The van der Waals surface area contributed by atoms with Crippen molar-refractivity contribution in [1.29, 1.82) is 0 Å². The first-order valence-electron chi connectivity index (χ1n) is 2.33. The fourth-order valence-corrected chi connectivity index (χ4v) is 0.348. The second-order valence-corrected chi connectivity index (χ2v) is 1.58. The standard InChI is InChI=1S/C4H10N2OS/c1-7-4(8)6-3-2-5/h2-3,5H2,1H3,(H,6,8). The highest BCUT2D eigenvalue weighted by atomic mass is 32.1. The highest BCUT2D eigenvalue weighted by molar-refractivity contribution is 7.80. The van der Waals surface area contributed by atoms with Crippen LogP contribution < -0.4 is 11.1 Å². The zero-order valence-electron chi connectivity index (χ0n) is 4.81. The van der Waals surface area contributed by atoms with E-state index < -0.39 is 0 Å². The molecule has 0 amide bonds. The van der Waals surface area contributed by atoms with Gasteiger partial charge in [-0.3, -0.25) is 0 Å². The summed E-state index contributed by atoms with van der Waals surface area (Å²) >= 11 is 4.63. The molecule has 0 aliphatic heterocycles. The first kappa shape index (κ1) is 7.65. The number of hydrogen-bond donors (Lipinski definition) is 2. The minimum Gasteiger partial charge on any atom is -0.474 e. The summed E-state index contributed by atoms with van der Waals surface area (Å²) in [6.07, 6.45) is 0. The van der Waals surface area contributed by atoms with Gasteiger partial charge < -0.3 is 15.8 Å². The Balaban J connectivity index is 2.99. The molecule has 48 valence electrons. The molecule has 0 saturated heterocycles. The second kappa shape index (κ2) is 4.80. The van der Waals surface area contributed by atoms with Gasteiger partial charge >= 0.3 is 0 Å². The summed E-state index contributed by atoms with van der Waals surface area (Å²) in [5.74, 6) is 0. The third kappa shape index (κ3) is 3.83. The molecule has 3 N–H and O–H groups in total. The molecule has 0 aliphatic rings. The van der Waals surface area contributed by atoms with Gasteiger partial charge in [0, 0.05) is 13.1 Å². The summed E-state index contributed by atoms with van der Waals surface area (Å²) in [5.41, 5.74) is 5.15. The number of ether oxygens (including phenoxy) is 1. The molecule has 0 aromatic carbocycles. The quantitative estimate of drug-likeness (QED) is 0.498. The highest BCUT2D eigenvalue weighted by Gasteiger charge is 1.86. The van der Waals surface area contributed by atoms with E-state index in [1.54, 1.807) is 0 Å². The molecule has 0 bridgehead atoms. The number of rotatable bonds is 2. The van der Waals surface area contributed by atoms with Crippen molar-refractivity contribution >= 4 is 17.4 Å². The van der Waals surface area contributed by atoms with Gasteiger partial charge in [0.05, 0.1) is 7.11 Å². The van der Waals surface area contributed by atoms with Crippen LogP contribution in [-0.4, -0.2) is 25.4 Å². The molecule has 0 spiro atoms. The largest absolute Gasteiger partial charge is 0.474 e. The number of thiocarbonyl (C=S) groups is 1. The van der Waals surface area contributed by atoms with Crippen molar-refractivity contribution in [3.63, 3.8) is 0 Å². The predicted octanol–water partition coefficient (Wildman–Crippen LogP) is -0.534. The van der Waals surface area contributed by atoms with Gasteiger partial charge in [-0.1, -0.05) is 0 Å². The molecule has 0 heterocycles. The van der Waals surface area contributed by atoms with Gasteiger partial charge in [-0.25, -0.2) is 0 Å². The van der Waals surface area contributed by atoms with Gasteiger partial charge in [-0.05, 0) is 12.2 Å². The van der Waals surface area contributed by atoms with Gasteiger partial charge in [0.15, 0.2) is 0 Å². The van der Waals surface area contributed by atoms with Crippen LogP contribution in [0.5, 0.6) is 0 Å². The Morgan fingerprint density at radius 3 is 2.88 bits per heavy atom. The molecule has 0 radical (unpaired) electrons. The number of nitrogens with one attached hydrogen (secondary N) is 1. The summed E-state index contributed by atoms with van der Waals surface area (Å²) in [6.45, 7) is 1.25. The second-order valence-electron chi connectivity index (χ2n) is 1.21. The first-order valence-corrected chi connectivity index (χ1v) is 2.74. The lowest BCUT2D eigenvalue weighted by Crippen LogP contribution is -2.28. The van der Waals surface area contributed by atoms with Gasteiger partial charge in [0.25, 0.3) is 5.17 Å². The molecule has 8 heavy (non-hydrogen) atoms. The molecular formula is C4H10N2OS. The van der Waals surface area contributed by atoms with Gasteiger partial charge in [-0.2, -0.15) is 0 Å². The monoisotopic (exact) mass is 134 g/mol. The zero-order chi connectivity index (χ0) is 6.41. The Kier molecular flexibility index (Phi) is 4.59. The van der Waals surface area contributed by atoms with E-state index >= 15 is 0 Å². The molecule has 0 aromatic rings. The maximum Gasteiger partial charge on any atom is 0.256 e. The number of hydrogen-bond acceptors (Lipinski definition) is 3. The van der Waals surface area contributed by atoms with Crippen molar-refractivity contribution in [2.75, 3.05) is 20.2 Å². The van der Waals surface area contributed by atoms with Crippen LogP contribution in [0.2, 0.25) is 0 Å². The average Bonchev–Trinajstić information content (AvgIpc) is 1.83. The Bertz CT molecular complexity index is 76.4. The summed E-state index contributed by atoms with van der Waals surface area (Å²) in [6, 6.07) is 0. The fourth-order valence-electron chi connectivity index (χ4n) is 0.246. The molecule has 0 atom stereocenters. The van der Waals surface area contributed by atoms with Crippen LogP contribution in [0.15, 0.2) is 0 Å². The van der Waals surface area contributed by atoms with Crippen molar-refractivity contribution in [3.05, 3.63) is 0 Å². The molecular weight excluding hydrogens is 124 g/mol. The lowest BCUT2D eigenvalue weighted by Gasteiger charge is -2.01. The third-order valence-electron chi connectivity index (χ3n) is 0.599. The summed E-state index contributed by atoms with van der Waals surface area (Å²) in [4.78, 5) is 0. The Morgan fingerprint density at radius 1 is 1.88 bits per heavy atom. The van der Waals surface area contributed by atoms with E-state index in [1.807, 2.05) is 0 Å². The van der Waals surface area contributed by atoms with Crippen molar-refractivity contribution < 1.29 is 4.74 Å². The van der Waals surface area contributed by atoms with Crippen molar-refractivity contribution in [1.82, 2.24) is 5.32 Å². The summed E-state index contributed by atoms with van der Waals surface area (Å²) in [5, 5.41) is 3.16. The van der Waals surface area contributed by atoms with E-state index in [0.717, 1.165) is 0 Å². The van der Waals surface area contributed by atoms with E-state index in [1.165, 1.54) is 7.11 Å². The van der Waals surface area contributed by atoms with Crippen LogP contribution in [0.25, 0.3) is 0 Å².